The van der Waals surface area contributed by atoms with Gasteiger partial charge in [-0.05, 0) is 24.5 Å². The predicted molar refractivity (Wildman–Crippen MR) is 81.6 cm³/mol. The highest BCUT2D eigenvalue weighted by Crippen LogP contribution is 2.32. The van der Waals surface area contributed by atoms with E-state index in [2.05, 4.69) is 18.8 Å². The smallest absolute Gasteiger partial charge is 0.144 e. The van der Waals surface area contributed by atoms with Gasteiger partial charge in [-0.1, -0.05) is 25.4 Å². The Balaban J connectivity index is 2.58. The number of halogens is 1. The summed E-state index contributed by atoms with van der Waals surface area (Å²) in [5.74, 6) is 1.03. The lowest BCUT2D eigenvalue weighted by Gasteiger charge is -2.19. The first-order valence-corrected chi connectivity index (χ1v) is 6.95. The highest BCUT2D eigenvalue weighted by Gasteiger charge is 2.18. The van der Waals surface area contributed by atoms with Gasteiger partial charge in [-0.2, -0.15) is 0 Å². The van der Waals surface area contributed by atoms with Crippen molar-refractivity contribution in [2.24, 2.45) is 11.7 Å². The van der Waals surface area contributed by atoms with Crippen LogP contribution in [0.3, 0.4) is 0 Å². The molecule has 20 heavy (non-hydrogen) atoms. The third-order valence-electron chi connectivity index (χ3n) is 3.45. The zero-order chi connectivity index (χ0) is 14.9. The summed E-state index contributed by atoms with van der Waals surface area (Å²) in [6.45, 7) is 6.14. The van der Waals surface area contributed by atoms with Crippen LogP contribution in [0.4, 0.5) is 0 Å². The molecule has 0 saturated heterocycles. The Hall–Kier alpha value is -1.52. The fourth-order valence-electron chi connectivity index (χ4n) is 2.09. The van der Waals surface area contributed by atoms with Gasteiger partial charge < -0.3 is 10.5 Å². The summed E-state index contributed by atoms with van der Waals surface area (Å²) in [6, 6.07) is 3.72. The molecule has 0 amide bonds. The van der Waals surface area contributed by atoms with Gasteiger partial charge in [0.2, 0.25) is 0 Å². The number of nitrogens with two attached hydrogens (primary N) is 1. The van der Waals surface area contributed by atoms with Crippen molar-refractivity contribution in [2.75, 3.05) is 7.11 Å². The summed E-state index contributed by atoms with van der Waals surface area (Å²) in [4.78, 5) is 4.22. The van der Waals surface area contributed by atoms with Gasteiger partial charge in [0.1, 0.15) is 5.75 Å². The maximum atomic E-state index is 6.25. The standard InChI is InChI=1S/C15H20ClN3O/c1-9(2)15(17)13-7-18-8-19(13)12-5-10(3)11(16)6-14(12)20-4/h5-9,15H,17H2,1-4H3. The lowest BCUT2D eigenvalue weighted by atomic mass is 10.0. The molecule has 1 unspecified atom stereocenters. The topological polar surface area (TPSA) is 53.1 Å². The molecule has 0 aliphatic carbocycles. The number of ether oxygens (including phenoxy) is 1. The maximum Gasteiger partial charge on any atom is 0.144 e. The first-order valence-electron chi connectivity index (χ1n) is 6.58. The second-order valence-corrected chi connectivity index (χ2v) is 5.64. The van der Waals surface area contributed by atoms with Crippen LogP contribution < -0.4 is 10.5 Å². The van der Waals surface area contributed by atoms with Crippen LogP contribution in [-0.4, -0.2) is 16.7 Å². The van der Waals surface area contributed by atoms with Crippen LogP contribution in [-0.2, 0) is 0 Å². The minimum atomic E-state index is -0.0850. The second-order valence-electron chi connectivity index (χ2n) is 5.23. The number of methoxy groups -OCH3 is 1. The first-order chi connectivity index (χ1) is 9.45. The van der Waals surface area contributed by atoms with Crippen molar-refractivity contribution in [2.45, 2.75) is 26.8 Å². The molecule has 4 nitrogen and oxygen atoms in total. The Morgan fingerprint density at radius 3 is 2.65 bits per heavy atom. The summed E-state index contributed by atoms with van der Waals surface area (Å²) in [5, 5.41) is 0.681. The van der Waals surface area contributed by atoms with Gasteiger partial charge in [-0.25, -0.2) is 4.98 Å². The molecular formula is C15H20ClN3O. The molecule has 1 atom stereocenters. The summed E-state index contributed by atoms with van der Waals surface area (Å²) < 4.78 is 7.39. The van der Waals surface area contributed by atoms with Crippen LogP contribution in [0.15, 0.2) is 24.7 Å². The normalized spacial score (nSPS) is 12.8. The summed E-state index contributed by atoms with van der Waals surface area (Å²) in [6.07, 6.45) is 3.55. The zero-order valence-corrected chi connectivity index (χ0v) is 13.0. The molecule has 1 aromatic carbocycles. The van der Waals surface area contributed by atoms with Gasteiger partial charge in [-0.3, -0.25) is 4.57 Å². The highest BCUT2D eigenvalue weighted by atomic mass is 35.5. The third-order valence-corrected chi connectivity index (χ3v) is 3.85. The van der Waals surface area contributed by atoms with E-state index in [4.69, 9.17) is 22.1 Å². The van der Waals surface area contributed by atoms with E-state index in [-0.39, 0.29) is 6.04 Å². The number of aromatic nitrogens is 2. The Labute approximate surface area is 124 Å². The molecule has 0 aliphatic rings. The molecule has 0 radical (unpaired) electrons. The van der Waals surface area contributed by atoms with Crippen molar-refractivity contribution in [3.8, 4) is 11.4 Å². The van der Waals surface area contributed by atoms with E-state index in [1.54, 1.807) is 19.6 Å². The predicted octanol–water partition coefficient (Wildman–Crippen LogP) is 3.50. The molecule has 0 saturated carbocycles. The molecule has 1 heterocycles. The van der Waals surface area contributed by atoms with Gasteiger partial charge in [0.15, 0.2) is 0 Å². The Bertz CT molecular complexity index is 607. The van der Waals surface area contributed by atoms with Gasteiger partial charge in [0, 0.05) is 17.1 Å². The SMILES string of the molecule is COc1cc(Cl)c(C)cc1-n1cncc1C(N)C(C)C. The number of hydrogen-bond donors (Lipinski definition) is 1. The second kappa shape index (κ2) is 5.85. The van der Waals surface area contributed by atoms with Crippen molar-refractivity contribution in [1.29, 1.82) is 0 Å². The van der Waals surface area contributed by atoms with Gasteiger partial charge in [0.25, 0.3) is 0 Å². The molecule has 0 fully saturated rings. The van der Waals surface area contributed by atoms with E-state index in [1.165, 1.54) is 0 Å². The van der Waals surface area contributed by atoms with Crippen molar-refractivity contribution < 1.29 is 4.74 Å². The summed E-state index contributed by atoms with van der Waals surface area (Å²) >= 11 is 6.15. The number of aryl methyl sites for hydroxylation is 1. The van der Waals surface area contributed by atoms with Crippen LogP contribution in [0, 0.1) is 12.8 Å². The monoisotopic (exact) mass is 293 g/mol. The molecule has 2 N–H and O–H groups in total. The summed E-state index contributed by atoms with van der Waals surface area (Å²) in [5.41, 5.74) is 9.10. The van der Waals surface area contributed by atoms with Gasteiger partial charge in [-0.15, -0.1) is 0 Å². The van der Waals surface area contributed by atoms with Crippen molar-refractivity contribution in [3.63, 3.8) is 0 Å². The Kier molecular flexibility index (Phi) is 4.35. The highest BCUT2D eigenvalue weighted by molar-refractivity contribution is 6.31. The molecule has 2 rings (SSSR count). The van der Waals surface area contributed by atoms with Gasteiger partial charge >= 0.3 is 0 Å². The van der Waals surface area contributed by atoms with Crippen molar-refractivity contribution in [3.05, 3.63) is 40.9 Å². The average Bonchev–Trinajstić information content (AvgIpc) is 2.89. The fraction of sp³-hybridized carbons (Fsp3) is 0.400. The molecule has 0 spiro atoms. The number of benzene rings is 1. The van der Waals surface area contributed by atoms with E-state index < -0.39 is 0 Å². The van der Waals surface area contributed by atoms with E-state index >= 15 is 0 Å². The lowest BCUT2D eigenvalue weighted by Crippen LogP contribution is -2.20. The molecule has 5 heteroatoms. The van der Waals surface area contributed by atoms with Crippen LogP contribution in [0.1, 0.15) is 31.1 Å². The van der Waals surface area contributed by atoms with Gasteiger partial charge in [0.05, 0.1) is 31.0 Å². The number of imidazole rings is 1. The minimum Gasteiger partial charge on any atom is -0.495 e. The molecule has 1 aromatic heterocycles. The quantitative estimate of drug-likeness (QED) is 0.938. The van der Waals surface area contributed by atoms with E-state index in [1.807, 2.05) is 23.6 Å². The van der Waals surface area contributed by atoms with Crippen molar-refractivity contribution >= 4 is 11.6 Å². The zero-order valence-electron chi connectivity index (χ0n) is 12.2. The largest absolute Gasteiger partial charge is 0.495 e. The molecule has 2 aromatic rings. The molecule has 0 bridgehead atoms. The number of nitrogens with zero attached hydrogens (tertiary/aromatic N) is 2. The maximum absolute atomic E-state index is 6.25. The fourth-order valence-corrected chi connectivity index (χ4v) is 2.25. The van der Waals surface area contributed by atoms with E-state index in [0.29, 0.717) is 16.7 Å². The summed E-state index contributed by atoms with van der Waals surface area (Å²) in [7, 11) is 1.63. The van der Waals surface area contributed by atoms with Crippen LogP contribution in [0.5, 0.6) is 5.75 Å². The van der Waals surface area contributed by atoms with E-state index in [9.17, 15) is 0 Å². The minimum absolute atomic E-state index is 0.0850. The average molecular weight is 294 g/mol. The molecular weight excluding hydrogens is 274 g/mol. The van der Waals surface area contributed by atoms with Crippen LogP contribution >= 0.6 is 11.6 Å². The Morgan fingerprint density at radius 2 is 2.05 bits per heavy atom. The lowest BCUT2D eigenvalue weighted by molar-refractivity contribution is 0.411. The number of hydrogen-bond acceptors (Lipinski definition) is 3. The van der Waals surface area contributed by atoms with Crippen molar-refractivity contribution in [1.82, 2.24) is 9.55 Å². The Morgan fingerprint density at radius 1 is 1.35 bits per heavy atom. The molecule has 108 valence electrons. The number of rotatable bonds is 4. The first kappa shape index (κ1) is 14.9. The van der Waals surface area contributed by atoms with Crippen LogP contribution in [0.2, 0.25) is 5.02 Å². The van der Waals surface area contributed by atoms with E-state index in [0.717, 1.165) is 16.9 Å². The van der Waals surface area contributed by atoms with Crippen LogP contribution in [0.25, 0.3) is 5.69 Å². The molecule has 0 aliphatic heterocycles. The third kappa shape index (κ3) is 2.67.